The molecule has 2 rings (SSSR count). The molecule has 0 spiro atoms. The van der Waals surface area contributed by atoms with Crippen LogP contribution in [0.15, 0.2) is 18.5 Å². The Morgan fingerprint density at radius 3 is 3.06 bits per heavy atom. The zero-order valence-corrected chi connectivity index (χ0v) is 9.85. The average molecular weight is 222 g/mol. The van der Waals surface area contributed by atoms with Crippen molar-refractivity contribution in [3.05, 3.63) is 24.0 Å². The molecule has 88 valence electrons. The maximum absolute atomic E-state index is 11.9. The molecule has 1 saturated heterocycles. The predicted molar refractivity (Wildman–Crippen MR) is 61.6 cm³/mol. The minimum atomic E-state index is 0.176. The molecule has 0 radical (unpaired) electrons. The van der Waals surface area contributed by atoms with Crippen molar-refractivity contribution in [1.82, 2.24) is 9.47 Å². The van der Waals surface area contributed by atoms with Crippen molar-refractivity contribution < 1.29 is 9.53 Å². The van der Waals surface area contributed by atoms with Gasteiger partial charge in [-0.3, -0.25) is 9.69 Å². The summed E-state index contributed by atoms with van der Waals surface area (Å²) >= 11 is 0. The number of carbonyl (C=O) groups is 1. The molecule has 4 nitrogen and oxygen atoms in total. The van der Waals surface area contributed by atoms with Gasteiger partial charge in [0, 0.05) is 37.7 Å². The number of likely N-dealkylation sites (N-methyl/N-ethyl adjacent to an activating group) is 1. The van der Waals surface area contributed by atoms with Crippen LogP contribution in [0.2, 0.25) is 0 Å². The number of hydrogen-bond acceptors (Lipinski definition) is 3. The SMILES string of the molecule is CN(CC(=O)c1ccn(C)c1)C1CCOC1. The zero-order valence-electron chi connectivity index (χ0n) is 9.85. The Hall–Kier alpha value is -1.13. The van der Waals surface area contributed by atoms with E-state index in [0.29, 0.717) is 12.6 Å². The van der Waals surface area contributed by atoms with Crippen LogP contribution in [-0.4, -0.2) is 48.1 Å². The number of aryl methyl sites for hydroxylation is 1. The van der Waals surface area contributed by atoms with Crippen LogP contribution in [-0.2, 0) is 11.8 Å². The fourth-order valence-corrected chi connectivity index (χ4v) is 1.98. The van der Waals surface area contributed by atoms with Crippen LogP contribution in [0.1, 0.15) is 16.8 Å². The normalized spacial score (nSPS) is 20.6. The fourth-order valence-electron chi connectivity index (χ4n) is 1.98. The largest absolute Gasteiger partial charge is 0.380 e. The summed E-state index contributed by atoms with van der Waals surface area (Å²) < 4.78 is 7.21. The van der Waals surface area contributed by atoms with E-state index in [1.165, 1.54) is 0 Å². The van der Waals surface area contributed by atoms with Gasteiger partial charge in [0.15, 0.2) is 5.78 Å². The number of nitrogens with zero attached hydrogens (tertiary/aromatic N) is 2. The zero-order chi connectivity index (χ0) is 11.5. The Kier molecular flexibility index (Phi) is 3.41. The van der Waals surface area contributed by atoms with E-state index in [2.05, 4.69) is 4.90 Å². The van der Waals surface area contributed by atoms with Crippen LogP contribution in [0.4, 0.5) is 0 Å². The molecule has 1 aromatic rings. The molecule has 16 heavy (non-hydrogen) atoms. The first kappa shape index (κ1) is 11.4. The molecular formula is C12H18N2O2. The molecule has 1 aliphatic rings. The van der Waals surface area contributed by atoms with Gasteiger partial charge in [-0.15, -0.1) is 0 Å². The molecule has 0 aliphatic carbocycles. The van der Waals surface area contributed by atoms with Crippen LogP contribution in [0.5, 0.6) is 0 Å². The van der Waals surface area contributed by atoms with Crippen molar-refractivity contribution in [3.8, 4) is 0 Å². The Balaban J connectivity index is 1.91. The van der Waals surface area contributed by atoms with E-state index < -0.39 is 0 Å². The number of rotatable bonds is 4. The topological polar surface area (TPSA) is 34.5 Å². The molecule has 1 aromatic heterocycles. The van der Waals surface area contributed by atoms with E-state index >= 15 is 0 Å². The molecule has 2 heterocycles. The summed E-state index contributed by atoms with van der Waals surface area (Å²) in [5.74, 6) is 0.176. The molecule has 0 bridgehead atoms. The molecule has 4 heteroatoms. The highest BCUT2D eigenvalue weighted by atomic mass is 16.5. The Labute approximate surface area is 95.8 Å². The number of aromatic nitrogens is 1. The minimum Gasteiger partial charge on any atom is -0.380 e. The third-order valence-corrected chi connectivity index (χ3v) is 3.08. The van der Waals surface area contributed by atoms with Gasteiger partial charge in [0.05, 0.1) is 13.2 Å². The third kappa shape index (κ3) is 2.51. The quantitative estimate of drug-likeness (QED) is 0.711. The van der Waals surface area contributed by atoms with Gasteiger partial charge in [0.25, 0.3) is 0 Å². The van der Waals surface area contributed by atoms with Gasteiger partial charge in [-0.25, -0.2) is 0 Å². The summed E-state index contributed by atoms with van der Waals surface area (Å²) in [4.78, 5) is 14.0. The summed E-state index contributed by atoms with van der Waals surface area (Å²) in [7, 11) is 3.91. The van der Waals surface area contributed by atoms with E-state index in [0.717, 1.165) is 25.2 Å². The van der Waals surface area contributed by atoms with Gasteiger partial charge in [0.2, 0.25) is 0 Å². The average Bonchev–Trinajstić information content (AvgIpc) is 2.87. The van der Waals surface area contributed by atoms with E-state index in [1.54, 1.807) is 0 Å². The van der Waals surface area contributed by atoms with Crippen molar-refractivity contribution in [2.75, 3.05) is 26.8 Å². The van der Waals surface area contributed by atoms with Crippen LogP contribution < -0.4 is 0 Å². The minimum absolute atomic E-state index is 0.176. The Morgan fingerprint density at radius 2 is 2.50 bits per heavy atom. The van der Waals surface area contributed by atoms with E-state index in [4.69, 9.17) is 4.74 Å². The van der Waals surface area contributed by atoms with Gasteiger partial charge in [-0.05, 0) is 19.5 Å². The fraction of sp³-hybridized carbons (Fsp3) is 0.583. The molecule has 0 aromatic carbocycles. The first-order valence-electron chi connectivity index (χ1n) is 5.60. The molecule has 1 fully saturated rings. The lowest BCUT2D eigenvalue weighted by Crippen LogP contribution is -2.36. The van der Waals surface area contributed by atoms with Crippen LogP contribution >= 0.6 is 0 Å². The van der Waals surface area contributed by atoms with Gasteiger partial charge >= 0.3 is 0 Å². The second-order valence-electron chi connectivity index (χ2n) is 4.42. The Bertz CT molecular complexity index is 367. The van der Waals surface area contributed by atoms with Crippen molar-refractivity contribution in [2.24, 2.45) is 7.05 Å². The smallest absolute Gasteiger partial charge is 0.178 e. The number of carbonyl (C=O) groups excluding carboxylic acids is 1. The van der Waals surface area contributed by atoms with Crippen LogP contribution in [0.25, 0.3) is 0 Å². The van der Waals surface area contributed by atoms with Crippen molar-refractivity contribution >= 4 is 5.78 Å². The molecule has 1 atom stereocenters. The lowest BCUT2D eigenvalue weighted by molar-refractivity contribution is 0.0907. The maximum Gasteiger partial charge on any atom is 0.178 e. The standard InChI is InChI=1S/C12H18N2O2/c1-13-5-3-10(7-13)12(15)8-14(2)11-4-6-16-9-11/h3,5,7,11H,4,6,8-9H2,1-2H3. The van der Waals surface area contributed by atoms with Crippen molar-refractivity contribution in [2.45, 2.75) is 12.5 Å². The lowest BCUT2D eigenvalue weighted by atomic mass is 10.2. The van der Waals surface area contributed by atoms with Gasteiger partial charge < -0.3 is 9.30 Å². The van der Waals surface area contributed by atoms with Crippen LogP contribution in [0.3, 0.4) is 0 Å². The molecule has 0 saturated carbocycles. The molecule has 1 aliphatic heterocycles. The second-order valence-corrected chi connectivity index (χ2v) is 4.42. The maximum atomic E-state index is 11.9. The first-order valence-corrected chi connectivity index (χ1v) is 5.60. The first-order chi connectivity index (χ1) is 7.66. The second kappa shape index (κ2) is 4.80. The highest BCUT2D eigenvalue weighted by molar-refractivity contribution is 5.97. The number of Topliss-reactive ketones (excluding diaryl/α,β-unsaturated/α-hetero) is 1. The summed E-state index contributed by atoms with van der Waals surface area (Å²) in [5, 5.41) is 0. The number of hydrogen-bond donors (Lipinski definition) is 0. The predicted octanol–water partition coefficient (Wildman–Crippen LogP) is 0.929. The van der Waals surface area contributed by atoms with Gasteiger partial charge in [0.1, 0.15) is 0 Å². The summed E-state index contributed by atoms with van der Waals surface area (Å²) in [6.07, 6.45) is 4.78. The molecule has 0 amide bonds. The summed E-state index contributed by atoms with van der Waals surface area (Å²) in [5.41, 5.74) is 0.785. The van der Waals surface area contributed by atoms with E-state index in [-0.39, 0.29) is 5.78 Å². The summed E-state index contributed by atoms with van der Waals surface area (Å²) in [6, 6.07) is 2.26. The monoisotopic (exact) mass is 222 g/mol. The molecular weight excluding hydrogens is 204 g/mol. The summed E-state index contributed by atoms with van der Waals surface area (Å²) in [6.45, 7) is 2.03. The van der Waals surface area contributed by atoms with Crippen molar-refractivity contribution in [3.63, 3.8) is 0 Å². The van der Waals surface area contributed by atoms with Crippen molar-refractivity contribution in [1.29, 1.82) is 0 Å². The Morgan fingerprint density at radius 1 is 1.69 bits per heavy atom. The molecule has 0 N–H and O–H groups in total. The van der Waals surface area contributed by atoms with Gasteiger partial charge in [-0.2, -0.15) is 0 Å². The highest BCUT2D eigenvalue weighted by Crippen LogP contribution is 2.11. The van der Waals surface area contributed by atoms with E-state index in [1.807, 2.05) is 37.1 Å². The highest BCUT2D eigenvalue weighted by Gasteiger charge is 2.22. The number of ether oxygens (including phenoxy) is 1. The van der Waals surface area contributed by atoms with Gasteiger partial charge in [-0.1, -0.05) is 0 Å². The molecule has 1 unspecified atom stereocenters. The van der Waals surface area contributed by atoms with Crippen LogP contribution in [0, 0.1) is 0 Å². The third-order valence-electron chi connectivity index (χ3n) is 3.08. The number of ketones is 1. The lowest BCUT2D eigenvalue weighted by Gasteiger charge is -2.21. The van der Waals surface area contributed by atoms with E-state index in [9.17, 15) is 4.79 Å².